The van der Waals surface area contributed by atoms with E-state index in [0.29, 0.717) is 6.61 Å². The standard InChI is InChI=1S/C2H6AsClO2/c1-2-6-3(4)5/h3H,2H2,1H3. The first kappa shape index (κ1) is 6.61. The van der Waals surface area contributed by atoms with E-state index >= 15 is 0 Å². The van der Waals surface area contributed by atoms with Gasteiger partial charge in [0.2, 0.25) is 0 Å². The van der Waals surface area contributed by atoms with Crippen LogP contribution in [0.5, 0.6) is 0 Å². The van der Waals surface area contributed by atoms with E-state index in [9.17, 15) is 3.74 Å². The zero-order chi connectivity index (χ0) is 4.99. The summed E-state index contributed by atoms with van der Waals surface area (Å²) < 4.78 is 14.3. The predicted molar refractivity (Wildman–Crippen MR) is 25.3 cm³/mol. The molecule has 0 amide bonds. The van der Waals surface area contributed by atoms with Gasteiger partial charge >= 0.3 is 44.9 Å². The minimum atomic E-state index is -2.66. The molecule has 0 fully saturated rings. The van der Waals surface area contributed by atoms with Gasteiger partial charge in [0, 0.05) is 0 Å². The Hall–Kier alpha value is 0.608. The summed E-state index contributed by atoms with van der Waals surface area (Å²) in [6, 6.07) is 0. The fourth-order valence-corrected chi connectivity index (χ4v) is 1.16. The first-order valence-corrected chi connectivity index (χ1v) is 6.06. The third-order valence-corrected chi connectivity index (χ3v) is 1.91. The molecule has 0 aliphatic heterocycles. The van der Waals surface area contributed by atoms with Crippen LogP contribution in [-0.4, -0.2) is 20.6 Å². The summed E-state index contributed by atoms with van der Waals surface area (Å²) >= 11 is -2.66. The molecule has 2 nitrogen and oxygen atoms in total. The molecule has 4 heteroatoms. The number of hydrogen-bond donors (Lipinski definition) is 0. The molecule has 0 bridgehead atoms. The van der Waals surface area contributed by atoms with Crippen LogP contribution in [-0.2, 0) is 7.47 Å². The van der Waals surface area contributed by atoms with Gasteiger partial charge in [-0.2, -0.15) is 0 Å². The fraction of sp³-hybridized carbons (Fsp3) is 1.00. The summed E-state index contributed by atoms with van der Waals surface area (Å²) in [4.78, 5) is 0. The van der Waals surface area contributed by atoms with Crippen molar-refractivity contribution >= 4 is 23.9 Å². The summed E-state index contributed by atoms with van der Waals surface area (Å²) in [5.74, 6) is 0. The molecule has 0 heterocycles. The van der Waals surface area contributed by atoms with Crippen molar-refractivity contribution in [3.8, 4) is 0 Å². The third kappa shape index (κ3) is 4.61. The van der Waals surface area contributed by atoms with E-state index in [-0.39, 0.29) is 0 Å². The zero-order valence-corrected chi connectivity index (χ0v) is 6.26. The summed E-state index contributed by atoms with van der Waals surface area (Å²) in [5.41, 5.74) is 0. The summed E-state index contributed by atoms with van der Waals surface area (Å²) in [6.45, 7) is 2.22. The molecule has 0 rings (SSSR count). The normalized spacial score (nSPS) is 14.3. The molecule has 0 saturated carbocycles. The molecule has 0 N–H and O–H groups in total. The molecule has 0 aromatic heterocycles. The molecule has 0 saturated heterocycles. The van der Waals surface area contributed by atoms with Gasteiger partial charge < -0.3 is 0 Å². The van der Waals surface area contributed by atoms with Crippen LogP contribution in [0.25, 0.3) is 0 Å². The van der Waals surface area contributed by atoms with E-state index in [0.717, 1.165) is 0 Å². The Morgan fingerprint density at radius 2 is 2.50 bits per heavy atom. The van der Waals surface area contributed by atoms with Crippen LogP contribution in [0.2, 0.25) is 0 Å². The summed E-state index contributed by atoms with van der Waals surface area (Å²) in [6.07, 6.45) is 0. The summed E-state index contributed by atoms with van der Waals surface area (Å²) in [5, 5.41) is 0. The van der Waals surface area contributed by atoms with Gasteiger partial charge in [-0.3, -0.25) is 0 Å². The van der Waals surface area contributed by atoms with Crippen molar-refractivity contribution in [2.45, 2.75) is 6.92 Å². The second kappa shape index (κ2) is 3.79. The van der Waals surface area contributed by atoms with Crippen molar-refractivity contribution in [2.75, 3.05) is 6.61 Å². The third-order valence-electron chi connectivity index (χ3n) is 0.258. The zero-order valence-electron chi connectivity index (χ0n) is 3.40. The van der Waals surface area contributed by atoms with Crippen molar-refractivity contribution in [2.24, 2.45) is 0 Å². The van der Waals surface area contributed by atoms with E-state index < -0.39 is 14.0 Å². The molecule has 1 unspecified atom stereocenters. The number of halogens is 1. The summed E-state index contributed by atoms with van der Waals surface area (Å²) in [7, 11) is 4.97. The number of hydrogen-bond acceptors (Lipinski definition) is 2. The van der Waals surface area contributed by atoms with Gasteiger partial charge in [0.25, 0.3) is 0 Å². The molecule has 0 aliphatic rings. The Balaban J connectivity index is 2.83. The molecule has 0 aromatic carbocycles. The molecule has 6 heavy (non-hydrogen) atoms. The Kier molecular flexibility index (Phi) is 4.17. The maximum atomic E-state index is 9.84. The molecule has 0 aromatic rings. The van der Waals surface area contributed by atoms with Crippen LogP contribution in [0.1, 0.15) is 6.92 Å². The van der Waals surface area contributed by atoms with Gasteiger partial charge in [0.15, 0.2) is 0 Å². The van der Waals surface area contributed by atoms with Crippen molar-refractivity contribution in [1.29, 1.82) is 0 Å². The molecular weight excluding hydrogens is 166 g/mol. The van der Waals surface area contributed by atoms with Crippen molar-refractivity contribution in [1.82, 2.24) is 0 Å². The second-order valence-electron chi connectivity index (χ2n) is 0.671. The van der Waals surface area contributed by atoms with Gasteiger partial charge in [0.1, 0.15) is 0 Å². The van der Waals surface area contributed by atoms with Crippen LogP contribution < -0.4 is 0 Å². The van der Waals surface area contributed by atoms with E-state index in [4.69, 9.17) is 9.95 Å². The number of rotatable bonds is 2. The van der Waals surface area contributed by atoms with Crippen molar-refractivity contribution in [3.05, 3.63) is 0 Å². The minimum absolute atomic E-state index is 0.461. The topological polar surface area (TPSA) is 26.3 Å². The van der Waals surface area contributed by atoms with Crippen molar-refractivity contribution < 1.29 is 7.47 Å². The van der Waals surface area contributed by atoms with Crippen LogP contribution in [0.3, 0.4) is 0 Å². The molecule has 38 valence electrons. The predicted octanol–water partition coefficient (Wildman–Crippen LogP) is 0.409. The molecule has 0 spiro atoms. The van der Waals surface area contributed by atoms with Gasteiger partial charge in [0.05, 0.1) is 0 Å². The van der Waals surface area contributed by atoms with Crippen LogP contribution in [0, 0.1) is 0 Å². The van der Waals surface area contributed by atoms with Gasteiger partial charge in [-0.05, 0) is 0 Å². The van der Waals surface area contributed by atoms with Gasteiger partial charge in [-0.15, -0.1) is 0 Å². The van der Waals surface area contributed by atoms with Crippen LogP contribution in [0.4, 0.5) is 0 Å². The molecule has 1 atom stereocenters. The van der Waals surface area contributed by atoms with Crippen LogP contribution in [0.15, 0.2) is 0 Å². The van der Waals surface area contributed by atoms with Gasteiger partial charge in [-0.25, -0.2) is 0 Å². The quantitative estimate of drug-likeness (QED) is 0.564. The Morgan fingerprint density at radius 1 is 2.00 bits per heavy atom. The fourth-order valence-electron chi connectivity index (χ4n) is 0.113. The first-order valence-electron chi connectivity index (χ1n) is 1.59. The Bertz CT molecular complexity index is 55.5. The SMILES string of the molecule is CCO[AsH](=O)Cl. The van der Waals surface area contributed by atoms with E-state index in [1.54, 1.807) is 6.92 Å². The first-order chi connectivity index (χ1) is 2.77. The average molecular weight is 172 g/mol. The monoisotopic (exact) mass is 172 g/mol. The molecule has 0 radical (unpaired) electrons. The Morgan fingerprint density at radius 3 is 2.50 bits per heavy atom. The molecular formula is C2H6AsClO2. The van der Waals surface area contributed by atoms with Gasteiger partial charge in [-0.1, -0.05) is 0 Å². The maximum absolute atomic E-state index is 9.84. The van der Waals surface area contributed by atoms with E-state index in [2.05, 4.69) is 3.73 Å². The second-order valence-corrected chi connectivity index (χ2v) is 3.88. The molecule has 0 aliphatic carbocycles. The van der Waals surface area contributed by atoms with E-state index in [1.807, 2.05) is 0 Å². The Labute approximate surface area is 45.4 Å². The average Bonchev–Trinajstić information content (AvgIpc) is 1.35. The van der Waals surface area contributed by atoms with Crippen LogP contribution >= 0.6 is 9.95 Å². The van der Waals surface area contributed by atoms with Crippen molar-refractivity contribution in [3.63, 3.8) is 0 Å². The van der Waals surface area contributed by atoms with E-state index in [1.165, 1.54) is 0 Å².